The first kappa shape index (κ1) is 24.9. The van der Waals surface area contributed by atoms with E-state index >= 15 is 0 Å². The van der Waals surface area contributed by atoms with Crippen molar-refractivity contribution >= 4 is 5.97 Å². The monoisotopic (exact) mass is 468 g/mol. The number of carbonyl (C=O) groups excluding carboxylic acids is 1. The maximum absolute atomic E-state index is 11.9. The Labute approximate surface area is 210 Å². The fraction of sp³-hybridized carbons (Fsp3) is 0.906. The standard InChI is InChI=1S/C32H52O2/c1-20-12-15-29(6)18-19-31(8)24-10-11-25-28(4,5)26(34-22(3)33)14-16-30(25,7)23(24)13-17-32(31,9)27(29)21(20)2/h20-21,25-27H,10-19H2,1-9H3/t20-,21+,25+,26+,27-,29-,30-,31-,32+/m1/s1. The smallest absolute Gasteiger partial charge is 0.302 e. The molecule has 0 unspecified atom stereocenters. The van der Waals surface area contributed by atoms with E-state index in [9.17, 15) is 4.79 Å². The summed E-state index contributed by atoms with van der Waals surface area (Å²) in [7, 11) is 0. The molecule has 0 radical (unpaired) electrons. The summed E-state index contributed by atoms with van der Waals surface area (Å²) in [5, 5.41) is 0. The molecule has 9 atom stereocenters. The molecule has 192 valence electrons. The van der Waals surface area contributed by atoms with Crippen LogP contribution in [-0.2, 0) is 9.53 Å². The molecule has 3 fully saturated rings. The second kappa shape index (κ2) is 7.61. The van der Waals surface area contributed by atoms with Crippen LogP contribution in [0.4, 0.5) is 0 Å². The Balaban J connectivity index is 1.56. The van der Waals surface area contributed by atoms with Gasteiger partial charge in [0.1, 0.15) is 6.10 Å². The van der Waals surface area contributed by atoms with E-state index in [0.29, 0.717) is 22.2 Å². The summed E-state index contributed by atoms with van der Waals surface area (Å²) in [5.74, 6) is 3.03. The van der Waals surface area contributed by atoms with Crippen LogP contribution in [0, 0.1) is 50.7 Å². The zero-order chi connectivity index (χ0) is 24.9. The molecule has 0 heterocycles. The number of fused-ring (bicyclic) bond motifs is 6. The second-order valence-corrected chi connectivity index (χ2v) is 15.2. The van der Waals surface area contributed by atoms with Crippen molar-refractivity contribution in [1.82, 2.24) is 0 Å². The number of ether oxygens (including phenoxy) is 1. The number of esters is 1. The summed E-state index contributed by atoms with van der Waals surface area (Å²) in [4.78, 5) is 11.9. The lowest BCUT2D eigenvalue weighted by molar-refractivity contribution is -0.174. The van der Waals surface area contributed by atoms with Crippen molar-refractivity contribution in [2.75, 3.05) is 0 Å². The number of allylic oxidation sites excluding steroid dienone is 2. The summed E-state index contributed by atoms with van der Waals surface area (Å²) in [6.07, 6.45) is 13.1. The van der Waals surface area contributed by atoms with Crippen LogP contribution < -0.4 is 0 Å². The van der Waals surface area contributed by atoms with Gasteiger partial charge >= 0.3 is 5.97 Å². The number of rotatable bonds is 1. The highest BCUT2D eigenvalue weighted by molar-refractivity contribution is 5.66. The molecule has 0 aromatic heterocycles. The van der Waals surface area contributed by atoms with E-state index in [4.69, 9.17) is 4.74 Å². The summed E-state index contributed by atoms with van der Waals surface area (Å²) in [6.45, 7) is 22.2. The van der Waals surface area contributed by atoms with E-state index in [1.165, 1.54) is 57.8 Å². The topological polar surface area (TPSA) is 26.3 Å². The zero-order valence-electron chi connectivity index (χ0n) is 23.8. The largest absolute Gasteiger partial charge is 0.462 e. The van der Waals surface area contributed by atoms with Gasteiger partial charge in [0, 0.05) is 12.3 Å². The van der Waals surface area contributed by atoms with Crippen LogP contribution in [0.3, 0.4) is 0 Å². The molecular formula is C32H52O2. The Morgan fingerprint density at radius 1 is 0.824 bits per heavy atom. The lowest BCUT2D eigenvalue weighted by atomic mass is 9.35. The Bertz CT molecular complexity index is 899. The van der Waals surface area contributed by atoms with Crippen LogP contribution in [0.2, 0.25) is 0 Å². The van der Waals surface area contributed by atoms with E-state index in [2.05, 4.69) is 55.4 Å². The molecule has 5 aliphatic carbocycles. The minimum Gasteiger partial charge on any atom is -0.462 e. The van der Waals surface area contributed by atoms with Crippen LogP contribution >= 0.6 is 0 Å². The molecule has 34 heavy (non-hydrogen) atoms. The number of carbonyl (C=O) groups is 1. The molecule has 3 saturated carbocycles. The summed E-state index contributed by atoms with van der Waals surface area (Å²) >= 11 is 0. The van der Waals surface area contributed by atoms with Gasteiger partial charge in [0.25, 0.3) is 0 Å². The fourth-order valence-electron chi connectivity index (χ4n) is 11.4. The predicted molar refractivity (Wildman–Crippen MR) is 140 cm³/mol. The maximum atomic E-state index is 11.9. The van der Waals surface area contributed by atoms with E-state index in [1.807, 2.05) is 11.1 Å². The molecule has 2 nitrogen and oxygen atoms in total. The normalized spacial score (nSPS) is 52.1. The third-order valence-electron chi connectivity index (χ3n) is 13.5. The van der Waals surface area contributed by atoms with Gasteiger partial charge in [-0.05, 0) is 110 Å². The van der Waals surface area contributed by atoms with Crippen molar-refractivity contribution in [3.8, 4) is 0 Å². The average molecular weight is 469 g/mol. The maximum Gasteiger partial charge on any atom is 0.302 e. The summed E-state index contributed by atoms with van der Waals surface area (Å²) in [6, 6.07) is 0. The van der Waals surface area contributed by atoms with Gasteiger partial charge < -0.3 is 4.74 Å². The molecule has 0 bridgehead atoms. The van der Waals surface area contributed by atoms with Gasteiger partial charge in [0.2, 0.25) is 0 Å². The Morgan fingerprint density at radius 3 is 2.21 bits per heavy atom. The fourth-order valence-corrected chi connectivity index (χ4v) is 11.4. The second-order valence-electron chi connectivity index (χ2n) is 15.2. The van der Waals surface area contributed by atoms with Gasteiger partial charge in [-0.1, -0.05) is 66.5 Å². The molecule has 0 aliphatic heterocycles. The molecule has 0 N–H and O–H groups in total. The minimum atomic E-state index is -0.112. The van der Waals surface area contributed by atoms with Crippen molar-refractivity contribution in [2.24, 2.45) is 50.7 Å². The summed E-state index contributed by atoms with van der Waals surface area (Å²) < 4.78 is 5.90. The molecule has 0 aromatic rings. The van der Waals surface area contributed by atoms with E-state index in [0.717, 1.165) is 24.2 Å². The molecule has 0 saturated heterocycles. The SMILES string of the molecule is CC(=O)O[C@H]1CC[C@]2(C)C3=C(CC[C@H]2C1(C)C)[C@@]1(C)CC[C@@]2(C)CC[C@@H](C)[C@H](C)[C@H]2[C@]1(C)CC3. The van der Waals surface area contributed by atoms with Gasteiger partial charge in [-0.2, -0.15) is 0 Å². The van der Waals surface area contributed by atoms with Gasteiger partial charge in [0.05, 0.1) is 0 Å². The number of hydrogen-bond acceptors (Lipinski definition) is 2. The lowest BCUT2D eigenvalue weighted by Crippen LogP contribution is -2.62. The van der Waals surface area contributed by atoms with Crippen LogP contribution in [0.15, 0.2) is 11.1 Å². The highest BCUT2D eigenvalue weighted by atomic mass is 16.5. The Hall–Kier alpha value is -0.790. The average Bonchev–Trinajstić information content (AvgIpc) is 2.74. The van der Waals surface area contributed by atoms with Gasteiger partial charge in [-0.3, -0.25) is 4.79 Å². The molecule has 5 rings (SSSR count). The van der Waals surface area contributed by atoms with Crippen LogP contribution in [-0.4, -0.2) is 12.1 Å². The Kier molecular flexibility index (Phi) is 5.57. The van der Waals surface area contributed by atoms with Gasteiger partial charge in [-0.15, -0.1) is 0 Å². The first-order valence-electron chi connectivity index (χ1n) is 14.6. The first-order chi connectivity index (χ1) is 15.7. The van der Waals surface area contributed by atoms with E-state index < -0.39 is 0 Å². The van der Waals surface area contributed by atoms with Crippen LogP contribution in [0.1, 0.15) is 127 Å². The van der Waals surface area contributed by atoms with Crippen LogP contribution in [0.25, 0.3) is 0 Å². The quantitative estimate of drug-likeness (QED) is 0.284. The third-order valence-corrected chi connectivity index (χ3v) is 13.5. The minimum absolute atomic E-state index is 0.0390. The number of hydrogen-bond donors (Lipinski definition) is 0. The van der Waals surface area contributed by atoms with Crippen molar-refractivity contribution in [3.63, 3.8) is 0 Å². The lowest BCUT2D eigenvalue weighted by Gasteiger charge is -2.70. The van der Waals surface area contributed by atoms with Crippen molar-refractivity contribution in [3.05, 3.63) is 11.1 Å². The highest BCUT2D eigenvalue weighted by Crippen LogP contribution is 2.75. The first-order valence-corrected chi connectivity index (χ1v) is 14.6. The van der Waals surface area contributed by atoms with Crippen molar-refractivity contribution in [1.29, 1.82) is 0 Å². The van der Waals surface area contributed by atoms with Crippen molar-refractivity contribution < 1.29 is 9.53 Å². The molecular weight excluding hydrogens is 416 g/mol. The van der Waals surface area contributed by atoms with Crippen molar-refractivity contribution in [2.45, 2.75) is 133 Å². The van der Waals surface area contributed by atoms with E-state index in [-0.39, 0.29) is 22.9 Å². The van der Waals surface area contributed by atoms with Gasteiger partial charge in [-0.25, -0.2) is 0 Å². The van der Waals surface area contributed by atoms with E-state index in [1.54, 1.807) is 6.92 Å². The van der Waals surface area contributed by atoms with Crippen LogP contribution in [0.5, 0.6) is 0 Å². The Morgan fingerprint density at radius 2 is 1.53 bits per heavy atom. The molecule has 0 aromatic carbocycles. The highest BCUT2D eigenvalue weighted by Gasteiger charge is 2.66. The molecule has 0 spiro atoms. The summed E-state index contributed by atoms with van der Waals surface area (Å²) in [5.41, 5.74) is 5.33. The molecule has 5 aliphatic rings. The predicted octanol–water partition coefficient (Wildman–Crippen LogP) is 8.74. The molecule has 0 amide bonds. The zero-order valence-corrected chi connectivity index (χ0v) is 23.8. The third kappa shape index (κ3) is 3.08. The van der Waals surface area contributed by atoms with Gasteiger partial charge in [0.15, 0.2) is 0 Å². The molecule has 2 heteroatoms.